The number of halogens is 1. The first-order chi connectivity index (χ1) is 11.0. The minimum atomic E-state index is -0.381. The van der Waals surface area contributed by atoms with E-state index in [4.69, 9.17) is 5.26 Å². The molecule has 2 aromatic rings. The highest BCUT2D eigenvalue weighted by Gasteiger charge is 2.18. The van der Waals surface area contributed by atoms with E-state index in [1.807, 2.05) is 24.1 Å². The van der Waals surface area contributed by atoms with E-state index in [9.17, 15) is 9.18 Å². The molecule has 0 aliphatic carbocycles. The summed E-state index contributed by atoms with van der Waals surface area (Å²) in [5.74, 6) is -0.445. The molecule has 1 unspecified atom stereocenters. The van der Waals surface area contributed by atoms with Gasteiger partial charge in [0.1, 0.15) is 5.82 Å². The van der Waals surface area contributed by atoms with E-state index in [0.29, 0.717) is 17.8 Å². The highest BCUT2D eigenvalue weighted by Crippen LogP contribution is 2.12. The van der Waals surface area contributed by atoms with Crippen molar-refractivity contribution in [3.8, 4) is 6.07 Å². The van der Waals surface area contributed by atoms with Gasteiger partial charge in [-0.3, -0.25) is 9.69 Å². The third-order valence-electron chi connectivity index (χ3n) is 3.64. The molecule has 118 valence electrons. The molecular weight excluding hydrogens is 293 g/mol. The molecule has 0 saturated carbocycles. The third kappa shape index (κ3) is 4.63. The fourth-order valence-electron chi connectivity index (χ4n) is 2.14. The van der Waals surface area contributed by atoms with Gasteiger partial charge in [-0.05, 0) is 55.9 Å². The zero-order chi connectivity index (χ0) is 16.8. The maximum atomic E-state index is 13.2. The summed E-state index contributed by atoms with van der Waals surface area (Å²) >= 11 is 0. The monoisotopic (exact) mass is 311 g/mol. The predicted octanol–water partition coefficient (Wildman–Crippen LogP) is 3.16. The average molecular weight is 311 g/mol. The van der Waals surface area contributed by atoms with Crippen LogP contribution in [0.4, 0.5) is 10.1 Å². The van der Waals surface area contributed by atoms with Crippen LogP contribution in [-0.2, 0) is 11.3 Å². The number of nitriles is 1. The maximum Gasteiger partial charge on any atom is 0.241 e. The number of carbonyl (C=O) groups excluding carboxylic acids is 1. The van der Waals surface area contributed by atoms with Crippen molar-refractivity contribution < 1.29 is 9.18 Å². The molecule has 1 N–H and O–H groups in total. The summed E-state index contributed by atoms with van der Waals surface area (Å²) in [6, 6.07) is 14.7. The first-order valence-electron chi connectivity index (χ1n) is 7.25. The standard InChI is InChI=1S/C18H18FN3O/c1-13(22(2)12-15-4-3-5-16(19)10-15)18(23)21-17-8-6-14(11-20)7-9-17/h3-10,13H,12H2,1-2H3,(H,21,23). The zero-order valence-corrected chi connectivity index (χ0v) is 13.1. The van der Waals surface area contributed by atoms with Crippen molar-refractivity contribution in [1.29, 1.82) is 5.26 Å². The Balaban J connectivity index is 1.96. The Kier molecular flexibility index (Phi) is 5.45. The molecule has 5 heteroatoms. The van der Waals surface area contributed by atoms with Gasteiger partial charge in [0.2, 0.25) is 5.91 Å². The number of anilines is 1. The van der Waals surface area contributed by atoms with Crippen LogP contribution in [0.3, 0.4) is 0 Å². The topological polar surface area (TPSA) is 56.1 Å². The molecule has 4 nitrogen and oxygen atoms in total. The van der Waals surface area contributed by atoms with E-state index in [2.05, 4.69) is 5.32 Å². The molecular formula is C18H18FN3O. The van der Waals surface area contributed by atoms with Crippen LogP contribution < -0.4 is 5.32 Å². The average Bonchev–Trinajstić information content (AvgIpc) is 2.54. The number of amides is 1. The minimum absolute atomic E-state index is 0.159. The molecule has 0 spiro atoms. The van der Waals surface area contributed by atoms with E-state index in [0.717, 1.165) is 5.56 Å². The Hall–Kier alpha value is -2.71. The Bertz CT molecular complexity index is 722. The fourth-order valence-corrected chi connectivity index (χ4v) is 2.14. The molecule has 0 bridgehead atoms. The quantitative estimate of drug-likeness (QED) is 0.923. The van der Waals surface area contributed by atoms with Gasteiger partial charge in [-0.25, -0.2) is 4.39 Å². The summed E-state index contributed by atoms with van der Waals surface area (Å²) in [6.45, 7) is 2.26. The van der Waals surface area contributed by atoms with Crippen molar-refractivity contribution in [3.05, 3.63) is 65.5 Å². The Morgan fingerprint density at radius 2 is 2.00 bits per heavy atom. The van der Waals surface area contributed by atoms with Crippen LogP contribution in [-0.4, -0.2) is 23.9 Å². The number of hydrogen-bond donors (Lipinski definition) is 1. The summed E-state index contributed by atoms with van der Waals surface area (Å²) in [7, 11) is 1.81. The van der Waals surface area contributed by atoms with Gasteiger partial charge in [0.15, 0.2) is 0 Å². The van der Waals surface area contributed by atoms with Gasteiger partial charge in [-0.15, -0.1) is 0 Å². The number of likely N-dealkylation sites (N-methyl/N-ethyl adjacent to an activating group) is 1. The molecule has 2 rings (SSSR count). The number of nitrogens with zero attached hydrogens (tertiary/aromatic N) is 2. The Morgan fingerprint density at radius 3 is 2.61 bits per heavy atom. The van der Waals surface area contributed by atoms with Crippen LogP contribution in [0.25, 0.3) is 0 Å². The van der Waals surface area contributed by atoms with Crippen LogP contribution in [0.5, 0.6) is 0 Å². The zero-order valence-electron chi connectivity index (χ0n) is 13.1. The minimum Gasteiger partial charge on any atom is -0.325 e. The van der Waals surface area contributed by atoms with E-state index in [1.54, 1.807) is 37.3 Å². The highest BCUT2D eigenvalue weighted by molar-refractivity contribution is 5.94. The summed E-state index contributed by atoms with van der Waals surface area (Å²) in [5, 5.41) is 11.6. The molecule has 0 aliphatic heterocycles. The molecule has 2 aromatic carbocycles. The lowest BCUT2D eigenvalue weighted by atomic mass is 10.1. The Morgan fingerprint density at radius 1 is 1.30 bits per heavy atom. The van der Waals surface area contributed by atoms with Gasteiger partial charge in [0, 0.05) is 12.2 Å². The molecule has 0 aliphatic rings. The maximum absolute atomic E-state index is 13.2. The van der Waals surface area contributed by atoms with Crippen LogP contribution in [0.1, 0.15) is 18.1 Å². The van der Waals surface area contributed by atoms with Crippen molar-refractivity contribution in [2.45, 2.75) is 19.5 Å². The fraction of sp³-hybridized carbons (Fsp3) is 0.222. The van der Waals surface area contributed by atoms with Gasteiger partial charge in [-0.2, -0.15) is 5.26 Å². The molecule has 0 aromatic heterocycles. The largest absolute Gasteiger partial charge is 0.325 e. The number of benzene rings is 2. The number of rotatable bonds is 5. The lowest BCUT2D eigenvalue weighted by Gasteiger charge is -2.24. The number of carbonyl (C=O) groups is 1. The Labute approximate surface area is 135 Å². The van der Waals surface area contributed by atoms with Crippen molar-refractivity contribution in [1.82, 2.24) is 4.90 Å². The second-order valence-corrected chi connectivity index (χ2v) is 5.40. The normalized spacial score (nSPS) is 11.8. The third-order valence-corrected chi connectivity index (χ3v) is 3.64. The van der Waals surface area contributed by atoms with E-state index < -0.39 is 0 Å². The molecule has 23 heavy (non-hydrogen) atoms. The number of nitrogens with one attached hydrogen (secondary N) is 1. The van der Waals surface area contributed by atoms with Gasteiger partial charge in [-0.1, -0.05) is 12.1 Å². The SMILES string of the molecule is CC(C(=O)Nc1ccc(C#N)cc1)N(C)Cc1cccc(F)c1. The van der Waals surface area contributed by atoms with Crippen LogP contribution in [0.15, 0.2) is 48.5 Å². The number of hydrogen-bond acceptors (Lipinski definition) is 3. The summed E-state index contributed by atoms with van der Waals surface area (Å²) < 4.78 is 13.2. The molecule has 0 radical (unpaired) electrons. The second kappa shape index (κ2) is 7.52. The van der Waals surface area contributed by atoms with Crippen LogP contribution >= 0.6 is 0 Å². The van der Waals surface area contributed by atoms with E-state index in [-0.39, 0.29) is 17.8 Å². The van der Waals surface area contributed by atoms with Gasteiger partial charge >= 0.3 is 0 Å². The van der Waals surface area contributed by atoms with Crippen molar-refractivity contribution in [2.24, 2.45) is 0 Å². The first-order valence-corrected chi connectivity index (χ1v) is 7.25. The predicted molar refractivity (Wildman–Crippen MR) is 87.1 cm³/mol. The van der Waals surface area contributed by atoms with E-state index in [1.165, 1.54) is 12.1 Å². The van der Waals surface area contributed by atoms with E-state index >= 15 is 0 Å². The lowest BCUT2D eigenvalue weighted by Crippen LogP contribution is -2.39. The molecule has 1 atom stereocenters. The second-order valence-electron chi connectivity index (χ2n) is 5.40. The van der Waals surface area contributed by atoms with Gasteiger partial charge < -0.3 is 5.32 Å². The summed E-state index contributed by atoms with van der Waals surface area (Å²) in [5.41, 5.74) is 1.99. The smallest absolute Gasteiger partial charge is 0.241 e. The molecule has 0 heterocycles. The van der Waals surface area contributed by atoms with Crippen molar-refractivity contribution in [3.63, 3.8) is 0 Å². The molecule has 0 fully saturated rings. The summed E-state index contributed by atoms with van der Waals surface area (Å²) in [6.07, 6.45) is 0. The highest BCUT2D eigenvalue weighted by atomic mass is 19.1. The van der Waals surface area contributed by atoms with Crippen molar-refractivity contribution in [2.75, 3.05) is 12.4 Å². The summed E-state index contributed by atoms with van der Waals surface area (Å²) in [4.78, 5) is 14.1. The van der Waals surface area contributed by atoms with Crippen LogP contribution in [0, 0.1) is 17.1 Å². The van der Waals surface area contributed by atoms with Gasteiger partial charge in [0.25, 0.3) is 0 Å². The first kappa shape index (κ1) is 16.7. The van der Waals surface area contributed by atoms with Gasteiger partial charge in [0.05, 0.1) is 17.7 Å². The lowest BCUT2D eigenvalue weighted by molar-refractivity contribution is -0.120. The molecule has 1 amide bonds. The van der Waals surface area contributed by atoms with Crippen LogP contribution in [0.2, 0.25) is 0 Å². The molecule has 0 saturated heterocycles. The van der Waals surface area contributed by atoms with Crippen molar-refractivity contribution >= 4 is 11.6 Å².